The van der Waals surface area contributed by atoms with Gasteiger partial charge in [0.05, 0.1) is 13.1 Å². The number of thiophene rings is 2. The lowest BCUT2D eigenvalue weighted by Gasteiger charge is -2.25. The Labute approximate surface area is 154 Å². The van der Waals surface area contributed by atoms with E-state index in [-0.39, 0.29) is 5.82 Å². The minimum absolute atomic E-state index is 0.231. The smallest absolute Gasteiger partial charge is 0.174 e. The van der Waals surface area contributed by atoms with Crippen molar-refractivity contribution in [3.05, 3.63) is 74.4 Å². The summed E-state index contributed by atoms with van der Waals surface area (Å²) in [6.45, 7) is 3.21. The van der Waals surface area contributed by atoms with Gasteiger partial charge in [-0.25, -0.2) is 4.39 Å². The fourth-order valence-electron chi connectivity index (χ4n) is 2.25. The van der Waals surface area contributed by atoms with Crippen molar-refractivity contribution in [1.82, 2.24) is 4.90 Å². The van der Waals surface area contributed by atoms with Gasteiger partial charge < -0.3 is 10.2 Å². The van der Waals surface area contributed by atoms with Crippen LogP contribution in [0.2, 0.25) is 0 Å². The molecule has 24 heavy (non-hydrogen) atoms. The van der Waals surface area contributed by atoms with Gasteiger partial charge in [0, 0.05) is 15.4 Å². The number of hydrogen-bond donors (Lipinski definition) is 1. The van der Waals surface area contributed by atoms with Crippen LogP contribution in [0.4, 0.5) is 10.1 Å². The summed E-state index contributed by atoms with van der Waals surface area (Å²) in [5, 5.41) is 7.88. The lowest BCUT2D eigenvalue weighted by Crippen LogP contribution is -2.33. The zero-order valence-electron chi connectivity index (χ0n) is 13.2. The van der Waals surface area contributed by atoms with Gasteiger partial charge in [-0.3, -0.25) is 0 Å². The van der Waals surface area contributed by atoms with Gasteiger partial charge in [-0.2, -0.15) is 0 Å². The quantitative estimate of drug-likeness (QED) is 0.579. The molecule has 124 valence electrons. The first-order chi connectivity index (χ1) is 11.6. The predicted molar refractivity (Wildman–Crippen MR) is 105 cm³/mol. The fraction of sp³-hybridized carbons (Fsp3) is 0.167. The van der Waals surface area contributed by atoms with Gasteiger partial charge in [0.1, 0.15) is 5.82 Å². The van der Waals surface area contributed by atoms with Gasteiger partial charge in [0.25, 0.3) is 0 Å². The van der Waals surface area contributed by atoms with E-state index >= 15 is 0 Å². The molecule has 3 aromatic rings. The molecule has 0 spiro atoms. The molecule has 0 amide bonds. The molecule has 0 saturated carbocycles. The Balaban J connectivity index is 1.75. The average Bonchev–Trinajstić information content (AvgIpc) is 3.24. The highest BCUT2D eigenvalue weighted by molar-refractivity contribution is 7.80. The third-order valence-electron chi connectivity index (χ3n) is 3.56. The molecule has 0 saturated heterocycles. The molecule has 6 heteroatoms. The van der Waals surface area contributed by atoms with Crippen molar-refractivity contribution in [2.45, 2.75) is 20.0 Å². The third-order valence-corrected chi connectivity index (χ3v) is 5.65. The Hall–Kier alpha value is -1.76. The highest BCUT2D eigenvalue weighted by Crippen LogP contribution is 2.19. The average molecular weight is 377 g/mol. The number of rotatable bonds is 5. The third kappa shape index (κ3) is 4.41. The minimum atomic E-state index is -0.231. The van der Waals surface area contributed by atoms with E-state index in [2.05, 4.69) is 33.1 Å². The Morgan fingerprint density at radius 3 is 2.21 bits per heavy atom. The van der Waals surface area contributed by atoms with Crippen molar-refractivity contribution in [3.63, 3.8) is 0 Å². The lowest BCUT2D eigenvalue weighted by molar-refractivity contribution is 0.420. The van der Waals surface area contributed by atoms with E-state index in [4.69, 9.17) is 12.2 Å². The van der Waals surface area contributed by atoms with E-state index in [1.165, 1.54) is 15.8 Å². The van der Waals surface area contributed by atoms with Crippen LogP contribution in [-0.4, -0.2) is 10.0 Å². The molecule has 1 aromatic carbocycles. The first-order valence-corrected chi connectivity index (χ1v) is 9.65. The summed E-state index contributed by atoms with van der Waals surface area (Å²) in [6, 6.07) is 13.4. The van der Waals surface area contributed by atoms with Crippen molar-refractivity contribution >= 4 is 45.7 Å². The monoisotopic (exact) mass is 376 g/mol. The zero-order valence-corrected chi connectivity index (χ0v) is 15.6. The summed E-state index contributed by atoms with van der Waals surface area (Å²) in [6.07, 6.45) is 0. The van der Waals surface area contributed by atoms with Crippen molar-refractivity contribution < 1.29 is 4.39 Å². The number of nitrogens with one attached hydrogen (secondary N) is 1. The molecule has 2 aromatic heterocycles. The fourth-order valence-corrected chi connectivity index (χ4v) is 3.94. The summed E-state index contributed by atoms with van der Waals surface area (Å²) in [7, 11) is 0. The maximum atomic E-state index is 13.7. The van der Waals surface area contributed by atoms with Crippen molar-refractivity contribution in [2.24, 2.45) is 0 Å². The largest absolute Gasteiger partial charge is 0.339 e. The van der Waals surface area contributed by atoms with E-state index in [0.717, 1.165) is 13.1 Å². The van der Waals surface area contributed by atoms with Gasteiger partial charge in [-0.05, 0) is 59.7 Å². The topological polar surface area (TPSA) is 15.3 Å². The minimum Gasteiger partial charge on any atom is -0.339 e. The van der Waals surface area contributed by atoms with Crippen molar-refractivity contribution in [3.8, 4) is 0 Å². The molecule has 0 bridgehead atoms. The molecule has 0 aliphatic carbocycles. The van der Waals surface area contributed by atoms with Crippen LogP contribution in [0.15, 0.2) is 53.2 Å². The Bertz CT molecular complexity index is 762. The van der Waals surface area contributed by atoms with Crippen molar-refractivity contribution in [1.29, 1.82) is 0 Å². The number of aryl methyl sites for hydroxylation is 1. The number of thiocarbonyl (C=S) groups is 1. The van der Waals surface area contributed by atoms with Gasteiger partial charge in [-0.1, -0.05) is 18.2 Å². The van der Waals surface area contributed by atoms with E-state index in [0.29, 0.717) is 16.4 Å². The van der Waals surface area contributed by atoms with Crippen LogP contribution in [0.25, 0.3) is 0 Å². The second-order valence-corrected chi connectivity index (χ2v) is 7.86. The summed E-state index contributed by atoms with van der Waals surface area (Å²) in [4.78, 5) is 4.58. The molecular weight excluding hydrogens is 359 g/mol. The molecule has 0 unspecified atom stereocenters. The Kier molecular flexibility index (Phi) is 5.60. The highest BCUT2D eigenvalue weighted by Gasteiger charge is 2.13. The summed E-state index contributed by atoms with van der Waals surface area (Å²) in [5.74, 6) is -0.231. The molecule has 2 nitrogen and oxygen atoms in total. The number of hydrogen-bond acceptors (Lipinski definition) is 3. The Morgan fingerprint density at radius 1 is 1.08 bits per heavy atom. The summed E-state index contributed by atoms with van der Waals surface area (Å²) in [5.41, 5.74) is 1.30. The predicted octanol–water partition coefficient (Wildman–Crippen LogP) is 5.66. The molecule has 0 fully saturated rings. The van der Waals surface area contributed by atoms with Crippen LogP contribution in [0, 0.1) is 12.7 Å². The first kappa shape index (κ1) is 17.1. The molecule has 2 heterocycles. The van der Waals surface area contributed by atoms with E-state index in [9.17, 15) is 4.39 Å². The molecule has 0 radical (unpaired) electrons. The zero-order chi connectivity index (χ0) is 16.9. The normalized spacial score (nSPS) is 10.6. The maximum absolute atomic E-state index is 13.7. The van der Waals surface area contributed by atoms with Gasteiger partial charge >= 0.3 is 0 Å². The molecule has 1 N–H and O–H groups in total. The number of benzene rings is 1. The van der Waals surface area contributed by atoms with E-state index in [1.807, 2.05) is 18.2 Å². The maximum Gasteiger partial charge on any atom is 0.174 e. The molecule has 0 atom stereocenters. The van der Waals surface area contributed by atoms with Crippen LogP contribution in [0.3, 0.4) is 0 Å². The van der Waals surface area contributed by atoms with E-state index in [1.54, 1.807) is 35.7 Å². The first-order valence-electron chi connectivity index (χ1n) is 7.48. The molecular formula is C18H17FN2S3. The molecule has 0 aliphatic rings. The second-order valence-electron chi connectivity index (χ2n) is 5.41. The molecule has 3 rings (SSSR count). The lowest BCUT2D eigenvalue weighted by atomic mass is 10.2. The van der Waals surface area contributed by atoms with Crippen LogP contribution in [0.5, 0.6) is 0 Å². The number of halogens is 1. The van der Waals surface area contributed by atoms with Crippen LogP contribution in [-0.2, 0) is 13.1 Å². The van der Waals surface area contributed by atoms with Crippen LogP contribution < -0.4 is 5.32 Å². The van der Waals surface area contributed by atoms with E-state index < -0.39 is 0 Å². The SMILES string of the molecule is Cc1ccc(NC(=S)N(Cc2cccs2)Cc2cccs2)cc1F. The van der Waals surface area contributed by atoms with Crippen LogP contribution >= 0.6 is 34.9 Å². The van der Waals surface area contributed by atoms with Crippen molar-refractivity contribution in [2.75, 3.05) is 5.32 Å². The Morgan fingerprint density at radius 2 is 1.71 bits per heavy atom. The van der Waals surface area contributed by atoms with Crippen LogP contribution in [0.1, 0.15) is 15.3 Å². The standard InChI is InChI=1S/C18H17FN2S3/c1-13-6-7-14(10-17(13)19)20-18(22)21(11-15-4-2-8-23-15)12-16-5-3-9-24-16/h2-10H,11-12H2,1H3,(H,20,22). The van der Waals surface area contributed by atoms with Gasteiger partial charge in [0.2, 0.25) is 0 Å². The number of nitrogens with zero attached hydrogens (tertiary/aromatic N) is 1. The number of anilines is 1. The highest BCUT2D eigenvalue weighted by atomic mass is 32.1. The second kappa shape index (κ2) is 7.88. The summed E-state index contributed by atoms with van der Waals surface area (Å²) < 4.78 is 13.7. The summed E-state index contributed by atoms with van der Waals surface area (Å²) >= 11 is 8.99. The molecule has 0 aliphatic heterocycles. The van der Waals surface area contributed by atoms with Gasteiger partial charge in [0.15, 0.2) is 5.11 Å². The van der Waals surface area contributed by atoms with Gasteiger partial charge in [-0.15, -0.1) is 22.7 Å².